The first-order valence-electron chi connectivity index (χ1n) is 8.51. The SMILES string of the molecule is COc1cc(C#N)ccc1OC(C)C(=O)NC1CCCC(C)C1C. The third-order valence-corrected chi connectivity index (χ3v) is 5.00. The molecule has 1 amide bonds. The standard InChI is InChI=1S/C19H26N2O3/c1-12-6-5-7-16(13(12)2)21-19(22)14(3)24-17-9-8-15(11-20)10-18(17)23-4/h8-10,12-14,16H,5-7H2,1-4H3,(H,21,22). The molecule has 1 N–H and O–H groups in total. The van der Waals surface area contributed by atoms with Gasteiger partial charge >= 0.3 is 0 Å². The van der Waals surface area contributed by atoms with E-state index in [2.05, 4.69) is 25.2 Å². The topological polar surface area (TPSA) is 71.3 Å². The summed E-state index contributed by atoms with van der Waals surface area (Å²) in [6.07, 6.45) is 2.76. The van der Waals surface area contributed by atoms with Crippen LogP contribution < -0.4 is 14.8 Å². The van der Waals surface area contributed by atoms with Gasteiger partial charge in [-0.05, 0) is 37.3 Å². The van der Waals surface area contributed by atoms with E-state index in [4.69, 9.17) is 14.7 Å². The van der Waals surface area contributed by atoms with Gasteiger partial charge in [0.25, 0.3) is 5.91 Å². The number of carbonyl (C=O) groups excluding carboxylic acids is 1. The maximum Gasteiger partial charge on any atom is 0.261 e. The van der Waals surface area contributed by atoms with E-state index in [0.29, 0.717) is 28.9 Å². The highest BCUT2D eigenvalue weighted by atomic mass is 16.5. The summed E-state index contributed by atoms with van der Waals surface area (Å²) in [5.74, 6) is 1.89. The lowest BCUT2D eigenvalue weighted by Crippen LogP contribution is -2.48. The molecular formula is C19H26N2O3. The highest BCUT2D eigenvalue weighted by molar-refractivity contribution is 5.81. The van der Waals surface area contributed by atoms with Crippen molar-refractivity contribution in [2.24, 2.45) is 11.8 Å². The van der Waals surface area contributed by atoms with Crippen molar-refractivity contribution in [3.8, 4) is 17.6 Å². The second kappa shape index (κ2) is 8.05. The maximum atomic E-state index is 12.5. The van der Waals surface area contributed by atoms with Gasteiger partial charge in [-0.2, -0.15) is 5.26 Å². The zero-order valence-corrected chi connectivity index (χ0v) is 14.8. The number of methoxy groups -OCH3 is 1. The number of hydrogen-bond acceptors (Lipinski definition) is 4. The van der Waals surface area contributed by atoms with Crippen LogP contribution in [0.15, 0.2) is 18.2 Å². The molecule has 130 valence electrons. The van der Waals surface area contributed by atoms with Crippen LogP contribution in [0.1, 0.15) is 45.6 Å². The number of benzene rings is 1. The van der Waals surface area contributed by atoms with Gasteiger partial charge in [0, 0.05) is 12.1 Å². The molecule has 4 unspecified atom stereocenters. The average Bonchev–Trinajstić information content (AvgIpc) is 2.59. The third kappa shape index (κ3) is 4.19. The van der Waals surface area contributed by atoms with Crippen molar-refractivity contribution in [3.63, 3.8) is 0 Å². The molecule has 1 aromatic carbocycles. The molecule has 0 aromatic heterocycles. The number of nitrogens with zero attached hydrogens (tertiary/aromatic N) is 1. The number of amides is 1. The molecule has 2 rings (SSSR count). The van der Waals surface area contributed by atoms with Crippen LogP contribution in [-0.2, 0) is 4.79 Å². The molecular weight excluding hydrogens is 304 g/mol. The van der Waals surface area contributed by atoms with Crippen LogP contribution in [0.5, 0.6) is 11.5 Å². The van der Waals surface area contributed by atoms with Crippen molar-refractivity contribution < 1.29 is 14.3 Å². The van der Waals surface area contributed by atoms with Crippen molar-refractivity contribution in [3.05, 3.63) is 23.8 Å². The number of hydrogen-bond donors (Lipinski definition) is 1. The van der Waals surface area contributed by atoms with Crippen molar-refractivity contribution in [1.29, 1.82) is 5.26 Å². The van der Waals surface area contributed by atoms with E-state index in [1.807, 2.05) is 0 Å². The number of nitriles is 1. The summed E-state index contributed by atoms with van der Waals surface area (Å²) in [6.45, 7) is 6.17. The number of nitrogens with one attached hydrogen (secondary N) is 1. The Morgan fingerprint density at radius 3 is 2.75 bits per heavy atom. The summed E-state index contributed by atoms with van der Waals surface area (Å²) in [6, 6.07) is 7.16. The highest BCUT2D eigenvalue weighted by Gasteiger charge is 2.29. The summed E-state index contributed by atoms with van der Waals surface area (Å²) in [4.78, 5) is 12.5. The fourth-order valence-electron chi connectivity index (χ4n) is 3.16. The largest absolute Gasteiger partial charge is 0.493 e. The fourth-order valence-corrected chi connectivity index (χ4v) is 3.16. The smallest absolute Gasteiger partial charge is 0.261 e. The molecule has 1 fully saturated rings. The van der Waals surface area contributed by atoms with Crippen molar-refractivity contribution >= 4 is 5.91 Å². The van der Waals surface area contributed by atoms with Gasteiger partial charge < -0.3 is 14.8 Å². The number of rotatable bonds is 5. The van der Waals surface area contributed by atoms with Gasteiger partial charge in [-0.15, -0.1) is 0 Å². The highest BCUT2D eigenvalue weighted by Crippen LogP contribution is 2.30. The molecule has 4 atom stereocenters. The average molecular weight is 330 g/mol. The molecule has 0 aliphatic heterocycles. The molecule has 0 bridgehead atoms. The van der Waals surface area contributed by atoms with E-state index in [9.17, 15) is 4.79 Å². The van der Waals surface area contributed by atoms with Crippen LogP contribution >= 0.6 is 0 Å². The van der Waals surface area contributed by atoms with Gasteiger partial charge in [0.2, 0.25) is 0 Å². The first kappa shape index (κ1) is 18.1. The molecule has 1 aliphatic rings. The van der Waals surface area contributed by atoms with Crippen LogP contribution in [-0.4, -0.2) is 25.2 Å². The molecule has 0 radical (unpaired) electrons. The van der Waals surface area contributed by atoms with Gasteiger partial charge in [-0.25, -0.2) is 0 Å². The van der Waals surface area contributed by atoms with Crippen LogP contribution in [0, 0.1) is 23.2 Å². The van der Waals surface area contributed by atoms with Gasteiger partial charge in [-0.1, -0.05) is 26.7 Å². The summed E-state index contributed by atoms with van der Waals surface area (Å²) >= 11 is 0. The summed E-state index contributed by atoms with van der Waals surface area (Å²) < 4.78 is 11.0. The molecule has 24 heavy (non-hydrogen) atoms. The van der Waals surface area contributed by atoms with Gasteiger partial charge in [0.05, 0.1) is 18.7 Å². The molecule has 1 saturated carbocycles. The van der Waals surface area contributed by atoms with Crippen LogP contribution in [0.3, 0.4) is 0 Å². The molecule has 0 saturated heterocycles. The number of carbonyl (C=O) groups is 1. The zero-order valence-electron chi connectivity index (χ0n) is 14.8. The minimum Gasteiger partial charge on any atom is -0.493 e. The monoisotopic (exact) mass is 330 g/mol. The van der Waals surface area contributed by atoms with E-state index in [1.54, 1.807) is 25.1 Å². The second-order valence-corrected chi connectivity index (χ2v) is 6.62. The Morgan fingerprint density at radius 1 is 1.33 bits per heavy atom. The minimum atomic E-state index is -0.628. The van der Waals surface area contributed by atoms with E-state index in [1.165, 1.54) is 13.5 Å². The predicted octanol–water partition coefficient (Wildman–Crippen LogP) is 3.28. The molecule has 5 nitrogen and oxygen atoms in total. The lowest BCUT2D eigenvalue weighted by Gasteiger charge is -2.35. The quantitative estimate of drug-likeness (QED) is 0.899. The zero-order chi connectivity index (χ0) is 17.7. The second-order valence-electron chi connectivity index (χ2n) is 6.62. The predicted molar refractivity (Wildman–Crippen MR) is 91.9 cm³/mol. The van der Waals surface area contributed by atoms with Gasteiger partial charge in [0.15, 0.2) is 17.6 Å². The summed E-state index contributed by atoms with van der Waals surface area (Å²) in [5, 5.41) is 12.1. The molecule has 1 aromatic rings. The first-order chi connectivity index (χ1) is 11.5. The lowest BCUT2D eigenvalue weighted by molar-refractivity contribution is -0.128. The van der Waals surface area contributed by atoms with E-state index in [-0.39, 0.29) is 11.9 Å². The van der Waals surface area contributed by atoms with Crippen molar-refractivity contribution in [2.75, 3.05) is 7.11 Å². The maximum absolute atomic E-state index is 12.5. The van der Waals surface area contributed by atoms with Crippen LogP contribution in [0.4, 0.5) is 0 Å². The van der Waals surface area contributed by atoms with Gasteiger partial charge in [0.1, 0.15) is 0 Å². The lowest BCUT2D eigenvalue weighted by atomic mass is 9.78. The Hall–Kier alpha value is -2.22. The van der Waals surface area contributed by atoms with E-state index in [0.717, 1.165) is 12.8 Å². The Morgan fingerprint density at radius 2 is 2.08 bits per heavy atom. The fraction of sp³-hybridized carbons (Fsp3) is 0.579. The normalized spacial score (nSPS) is 24.5. The van der Waals surface area contributed by atoms with Crippen molar-refractivity contribution in [2.45, 2.75) is 52.2 Å². The summed E-state index contributed by atoms with van der Waals surface area (Å²) in [5.41, 5.74) is 0.487. The Balaban J connectivity index is 2.00. The summed E-state index contributed by atoms with van der Waals surface area (Å²) in [7, 11) is 1.51. The first-order valence-corrected chi connectivity index (χ1v) is 8.51. The molecule has 5 heteroatoms. The molecule has 0 heterocycles. The third-order valence-electron chi connectivity index (χ3n) is 5.00. The number of ether oxygens (including phenoxy) is 2. The molecule has 1 aliphatic carbocycles. The van der Waals surface area contributed by atoms with Crippen molar-refractivity contribution in [1.82, 2.24) is 5.32 Å². The van der Waals surface area contributed by atoms with E-state index >= 15 is 0 Å². The molecule has 0 spiro atoms. The van der Waals surface area contributed by atoms with Crippen LogP contribution in [0.25, 0.3) is 0 Å². The minimum absolute atomic E-state index is 0.118. The van der Waals surface area contributed by atoms with Crippen LogP contribution in [0.2, 0.25) is 0 Å². The Kier molecular flexibility index (Phi) is 6.08. The Labute approximate surface area is 144 Å². The van der Waals surface area contributed by atoms with E-state index < -0.39 is 6.10 Å². The van der Waals surface area contributed by atoms with Gasteiger partial charge in [-0.3, -0.25) is 4.79 Å². The Bertz CT molecular complexity index is 624.